The normalized spacial score (nSPS) is 17.2. The van der Waals surface area contributed by atoms with Crippen LogP contribution < -0.4 is 5.73 Å². The fraction of sp³-hybridized carbons (Fsp3) is 0.962. The van der Waals surface area contributed by atoms with Gasteiger partial charge in [-0.25, -0.2) is 0 Å². The Bertz CT molecular complexity index is 644. The van der Waals surface area contributed by atoms with Gasteiger partial charge in [-0.1, -0.05) is 97.3 Å². The second-order valence-electron chi connectivity index (χ2n) is 10.4. The summed E-state index contributed by atoms with van der Waals surface area (Å²) < 4.78 is 18.0. The van der Waals surface area contributed by atoms with Crippen molar-refractivity contribution < 1.29 is 44.3 Å². The van der Waals surface area contributed by atoms with Gasteiger partial charge in [0.2, 0.25) is 5.34 Å². The van der Waals surface area contributed by atoms with E-state index in [4.69, 9.17) is 15.6 Å². The second-order valence-corrected chi connectivity index (χ2v) is 12.2. The summed E-state index contributed by atoms with van der Waals surface area (Å²) in [4.78, 5) is 32.0. The molecule has 11 heteroatoms. The molecule has 0 spiro atoms. The Morgan fingerprint density at radius 3 is 1.68 bits per heavy atom. The molecule has 0 aliphatic rings. The van der Waals surface area contributed by atoms with E-state index >= 15 is 0 Å². The number of ether oxygens (including phenoxy) is 1. The van der Waals surface area contributed by atoms with Gasteiger partial charge in [0, 0.05) is 6.42 Å². The van der Waals surface area contributed by atoms with E-state index in [-0.39, 0.29) is 12.8 Å². The molecule has 0 heterocycles. The number of carboxylic acid groups (broad SMARTS) is 1. The molecule has 0 saturated carbocycles. The number of rotatable bonds is 25. The molecule has 8 N–H and O–H groups in total. The van der Waals surface area contributed by atoms with Crippen LogP contribution >= 0.6 is 7.60 Å². The summed E-state index contributed by atoms with van der Waals surface area (Å²) in [6, 6.07) is 0. The maximum absolute atomic E-state index is 12.6. The van der Waals surface area contributed by atoms with E-state index < -0.39 is 56.3 Å². The van der Waals surface area contributed by atoms with Gasteiger partial charge >= 0.3 is 13.6 Å². The van der Waals surface area contributed by atoms with Gasteiger partial charge in [-0.05, 0) is 19.3 Å². The molecule has 0 amide bonds. The van der Waals surface area contributed by atoms with E-state index in [2.05, 4.69) is 6.92 Å². The molecule has 0 saturated heterocycles. The van der Waals surface area contributed by atoms with Crippen LogP contribution in [-0.2, 0) is 14.1 Å². The Balaban J connectivity index is 4.82. The van der Waals surface area contributed by atoms with Crippen LogP contribution in [0.5, 0.6) is 0 Å². The van der Waals surface area contributed by atoms with E-state index in [9.17, 15) is 34.5 Å². The molecular formula is C26H54NO9P. The number of aliphatic hydroxyl groups excluding tert-OH is 2. The van der Waals surface area contributed by atoms with E-state index in [1.807, 2.05) is 0 Å². The number of aliphatic carboxylic acids is 1. The lowest BCUT2D eigenvalue weighted by Gasteiger charge is -2.45. The predicted molar refractivity (Wildman–Crippen MR) is 144 cm³/mol. The summed E-state index contributed by atoms with van der Waals surface area (Å²) in [5.41, 5.74) is 3.51. The van der Waals surface area contributed by atoms with Crippen molar-refractivity contribution >= 4 is 13.6 Å². The van der Waals surface area contributed by atoms with Gasteiger partial charge < -0.3 is 40.7 Å². The Morgan fingerprint density at radius 1 is 0.892 bits per heavy atom. The van der Waals surface area contributed by atoms with Crippen molar-refractivity contribution in [3.8, 4) is 0 Å². The summed E-state index contributed by atoms with van der Waals surface area (Å²) in [7, 11) is -5.34. The van der Waals surface area contributed by atoms with Crippen LogP contribution in [-0.4, -0.2) is 66.6 Å². The highest BCUT2D eigenvalue weighted by atomic mass is 31.2. The number of unbranched alkanes of at least 4 members (excludes halogenated alkanes) is 13. The Kier molecular flexibility index (Phi) is 19.2. The smallest absolute Gasteiger partial charge is 0.361 e. The lowest BCUT2D eigenvalue weighted by atomic mass is 9.89. The van der Waals surface area contributed by atoms with Crippen LogP contribution in [0, 0.1) is 5.92 Å². The van der Waals surface area contributed by atoms with Gasteiger partial charge in [0.25, 0.3) is 0 Å². The largest absolute Gasteiger partial charge is 0.481 e. The Labute approximate surface area is 223 Å². The standard InChI is InChI=1S/C26H54NO9P/c1-3-5-6-7-8-9-10-11-12-13-14-15-16-17-18-25(27,32)26(37(33,34)35,36-21-23(29)20-28)19-22(4-2)24(30)31/h22-23,28-29,32H,3-21,27H2,1-2H3,(H,30,31)(H2,33,34,35). The van der Waals surface area contributed by atoms with Crippen LogP contribution in [0.2, 0.25) is 0 Å². The molecule has 0 aliphatic carbocycles. The third kappa shape index (κ3) is 13.9. The van der Waals surface area contributed by atoms with Gasteiger partial charge in [0.15, 0.2) is 5.72 Å². The first-order valence-corrected chi connectivity index (χ1v) is 15.7. The van der Waals surface area contributed by atoms with Gasteiger partial charge in [0.1, 0.15) is 6.10 Å². The van der Waals surface area contributed by atoms with Crippen molar-refractivity contribution in [2.24, 2.45) is 11.7 Å². The average molecular weight is 556 g/mol. The Hall–Kier alpha value is -0.580. The van der Waals surface area contributed by atoms with Crippen molar-refractivity contribution in [1.82, 2.24) is 0 Å². The highest BCUT2D eigenvalue weighted by Crippen LogP contribution is 2.59. The SMILES string of the molecule is CCCCCCCCCCCCCCCCC(N)(O)C(CC(CC)C(=O)O)(OCC(O)CO)P(=O)(O)O. The van der Waals surface area contributed by atoms with Crippen molar-refractivity contribution in [1.29, 1.82) is 0 Å². The molecule has 4 atom stereocenters. The fourth-order valence-corrected chi connectivity index (χ4v) is 5.94. The highest BCUT2D eigenvalue weighted by molar-refractivity contribution is 7.53. The lowest BCUT2D eigenvalue weighted by molar-refractivity contribution is -0.176. The minimum atomic E-state index is -5.34. The first-order valence-electron chi connectivity index (χ1n) is 14.1. The summed E-state index contributed by atoms with van der Waals surface area (Å²) >= 11 is 0. The monoisotopic (exact) mass is 555 g/mol. The minimum absolute atomic E-state index is 0.0257. The fourth-order valence-electron chi connectivity index (χ4n) is 4.63. The topological polar surface area (TPSA) is 191 Å². The van der Waals surface area contributed by atoms with Gasteiger partial charge in [0.05, 0.1) is 19.1 Å². The first-order chi connectivity index (χ1) is 17.4. The maximum Gasteiger partial charge on any atom is 0.361 e. The first kappa shape index (κ1) is 36.4. The van der Waals surface area contributed by atoms with Crippen LogP contribution in [0.3, 0.4) is 0 Å². The summed E-state index contributed by atoms with van der Waals surface area (Å²) in [5, 5.41) is 36.6. The molecule has 0 aliphatic heterocycles. The summed E-state index contributed by atoms with van der Waals surface area (Å²) in [6.07, 6.45) is 13.1. The summed E-state index contributed by atoms with van der Waals surface area (Å²) in [6.45, 7) is 2.29. The molecule has 222 valence electrons. The van der Waals surface area contributed by atoms with Gasteiger partial charge in [-0.3, -0.25) is 9.36 Å². The predicted octanol–water partition coefficient (Wildman–Crippen LogP) is 4.25. The van der Waals surface area contributed by atoms with Crippen molar-refractivity contribution in [3.63, 3.8) is 0 Å². The number of carbonyl (C=O) groups is 1. The highest BCUT2D eigenvalue weighted by Gasteiger charge is 2.62. The molecule has 0 fully saturated rings. The molecule has 10 nitrogen and oxygen atoms in total. The average Bonchev–Trinajstić information content (AvgIpc) is 2.82. The Morgan fingerprint density at radius 2 is 1.32 bits per heavy atom. The number of hydrogen-bond donors (Lipinski definition) is 7. The molecule has 0 radical (unpaired) electrons. The van der Waals surface area contributed by atoms with Crippen LogP contribution in [0.1, 0.15) is 123 Å². The van der Waals surface area contributed by atoms with Crippen molar-refractivity contribution in [3.05, 3.63) is 0 Å². The molecule has 0 rings (SSSR count). The third-order valence-electron chi connectivity index (χ3n) is 7.15. The number of carboxylic acids is 1. The number of nitrogens with two attached hydrogens (primary N) is 1. The van der Waals surface area contributed by atoms with Crippen LogP contribution in [0.4, 0.5) is 0 Å². The summed E-state index contributed by atoms with van der Waals surface area (Å²) in [5.74, 6) is -2.55. The quantitative estimate of drug-likeness (QED) is 0.0487. The van der Waals surface area contributed by atoms with Gasteiger partial charge in [-0.2, -0.15) is 0 Å². The second kappa shape index (κ2) is 19.5. The van der Waals surface area contributed by atoms with Gasteiger partial charge in [-0.15, -0.1) is 0 Å². The molecule has 0 bridgehead atoms. The minimum Gasteiger partial charge on any atom is -0.481 e. The molecule has 0 aromatic rings. The van der Waals surface area contributed by atoms with Crippen LogP contribution in [0.25, 0.3) is 0 Å². The molecule has 0 aromatic heterocycles. The van der Waals surface area contributed by atoms with Crippen LogP contribution in [0.15, 0.2) is 0 Å². The van der Waals surface area contributed by atoms with E-state index in [0.717, 1.165) is 19.3 Å². The van der Waals surface area contributed by atoms with E-state index in [0.29, 0.717) is 12.8 Å². The molecular weight excluding hydrogens is 501 g/mol. The lowest BCUT2D eigenvalue weighted by Crippen LogP contribution is -2.63. The maximum atomic E-state index is 12.6. The zero-order valence-electron chi connectivity index (χ0n) is 23.0. The molecule has 0 aromatic carbocycles. The number of aliphatic hydroxyl groups is 3. The van der Waals surface area contributed by atoms with E-state index in [1.54, 1.807) is 0 Å². The third-order valence-corrected chi connectivity index (χ3v) is 8.79. The van der Waals surface area contributed by atoms with Crippen molar-refractivity contribution in [2.75, 3.05) is 13.2 Å². The zero-order chi connectivity index (χ0) is 28.4. The number of hydrogen-bond acceptors (Lipinski definition) is 7. The molecule has 4 unspecified atom stereocenters. The van der Waals surface area contributed by atoms with Crippen molar-refractivity contribution in [2.45, 2.75) is 140 Å². The molecule has 37 heavy (non-hydrogen) atoms. The zero-order valence-corrected chi connectivity index (χ0v) is 23.9. The van der Waals surface area contributed by atoms with E-state index in [1.165, 1.54) is 64.7 Å².